The van der Waals surface area contributed by atoms with Crippen molar-refractivity contribution in [2.24, 2.45) is 0 Å². The van der Waals surface area contributed by atoms with Crippen LogP contribution in [0.25, 0.3) is 21.7 Å². The van der Waals surface area contributed by atoms with Gasteiger partial charge in [0.1, 0.15) is 26.2 Å². The Morgan fingerprint density at radius 3 is 2.79 bits per heavy atom. The van der Waals surface area contributed by atoms with Gasteiger partial charge < -0.3 is 5.32 Å². The van der Waals surface area contributed by atoms with Crippen LogP contribution in [0.3, 0.4) is 0 Å². The van der Waals surface area contributed by atoms with Crippen LogP contribution in [0.1, 0.15) is 36.6 Å². The lowest BCUT2D eigenvalue weighted by atomic mass is 9.97. The third-order valence-corrected chi connectivity index (χ3v) is 7.07. The molecular formula is C19H23N5O2S2. The Bertz CT molecular complexity index is 1100. The molecule has 0 amide bonds. The maximum absolute atomic E-state index is 11.5. The average Bonchev–Trinajstić information content (AvgIpc) is 3.05. The zero-order valence-electron chi connectivity index (χ0n) is 16.0. The first-order valence-electron chi connectivity index (χ1n) is 9.43. The van der Waals surface area contributed by atoms with Crippen LogP contribution in [-0.4, -0.2) is 46.4 Å². The maximum atomic E-state index is 11.5. The van der Waals surface area contributed by atoms with E-state index in [0.717, 1.165) is 28.9 Å². The first kappa shape index (κ1) is 19.2. The predicted octanol–water partition coefficient (Wildman–Crippen LogP) is 3.26. The molecule has 1 aliphatic rings. The van der Waals surface area contributed by atoms with Crippen LogP contribution in [0.15, 0.2) is 18.6 Å². The van der Waals surface area contributed by atoms with Crippen LogP contribution in [0.5, 0.6) is 0 Å². The number of hydrogen-bond acceptors (Lipinski definition) is 8. The van der Waals surface area contributed by atoms with Gasteiger partial charge in [-0.1, -0.05) is 0 Å². The molecule has 3 aromatic heterocycles. The third kappa shape index (κ3) is 4.15. The van der Waals surface area contributed by atoms with Gasteiger partial charge in [0, 0.05) is 29.6 Å². The van der Waals surface area contributed by atoms with E-state index in [0.29, 0.717) is 17.9 Å². The third-order valence-electron chi connectivity index (χ3n) is 4.91. The second kappa shape index (κ2) is 7.71. The molecule has 0 saturated carbocycles. The summed E-state index contributed by atoms with van der Waals surface area (Å²) in [4.78, 5) is 20.4. The highest BCUT2D eigenvalue weighted by atomic mass is 32.2. The van der Waals surface area contributed by atoms with Crippen LogP contribution in [0.2, 0.25) is 0 Å². The summed E-state index contributed by atoms with van der Waals surface area (Å²) in [5.74, 6) is 1.46. The zero-order chi connectivity index (χ0) is 19.7. The Morgan fingerprint density at radius 2 is 2.04 bits per heavy atom. The summed E-state index contributed by atoms with van der Waals surface area (Å²) in [6.45, 7) is 1.99. The van der Waals surface area contributed by atoms with E-state index in [-0.39, 0.29) is 11.8 Å². The number of thiophene rings is 1. The van der Waals surface area contributed by atoms with Gasteiger partial charge in [0.15, 0.2) is 5.82 Å². The van der Waals surface area contributed by atoms with Gasteiger partial charge in [-0.15, -0.1) is 11.3 Å². The van der Waals surface area contributed by atoms with Crippen LogP contribution in [-0.2, 0) is 22.7 Å². The molecule has 1 atom stereocenters. The quantitative estimate of drug-likeness (QED) is 0.657. The normalized spacial score (nSPS) is 15.4. The molecule has 4 rings (SSSR count). The number of anilines is 1. The first-order valence-corrected chi connectivity index (χ1v) is 12.3. The van der Waals surface area contributed by atoms with Gasteiger partial charge in [-0.3, -0.25) is 4.98 Å². The first-order chi connectivity index (χ1) is 13.4. The summed E-state index contributed by atoms with van der Waals surface area (Å²) in [7, 11) is -3.00. The molecule has 0 bridgehead atoms. The number of nitrogens with zero attached hydrogens (tertiary/aromatic N) is 4. The molecule has 28 heavy (non-hydrogen) atoms. The monoisotopic (exact) mass is 417 g/mol. The summed E-state index contributed by atoms with van der Waals surface area (Å²) >= 11 is 1.73. The summed E-state index contributed by atoms with van der Waals surface area (Å²) in [6.07, 6.45) is 11.2. The van der Waals surface area contributed by atoms with Gasteiger partial charge in [0.05, 0.1) is 17.3 Å². The van der Waals surface area contributed by atoms with Crippen molar-refractivity contribution in [1.29, 1.82) is 0 Å². The SMILES string of the molecule is CC(CCS(C)(=O)=O)Nc1nc(-c2cnccn2)nc2sc3c(c12)CCCC3. The minimum Gasteiger partial charge on any atom is -0.367 e. The number of sulfone groups is 1. The highest BCUT2D eigenvalue weighted by Gasteiger charge is 2.22. The van der Waals surface area contributed by atoms with Crippen LogP contribution >= 0.6 is 11.3 Å². The van der Waals surface area contributed by atoms with E-state index >= 15 is 0 Å². The summed E-state index contributed by atoms with van der Waals surface area (Å²) in [6, 6.07) is -0.0262. The highest BCUT2D eigenvalue weighted by molar-refractivity contribution is 7.90. The van der Waals surface area contributed by atoms with Gasteiger partial charge >= 0.3 is 0 Å². The number of aryl methyl sites for hydroxylation is 2. The Kier molecular flexibility index (Phi) is 5.29. The van der Waals surface area contributed by atoms with Gasteiger partial charge in [-0.05, 0) is 44.6 Å². The average molecular weight is 418 g/mol. The molecule has 1 aliphatic carbocycles. The largest absolute Gasteiger partial charge is 0.367 e. The number of fused-ring (bicyclic) bond motifs is 3. The van der Waals surface area contributed by atoms with Crippen LogP contribution in [0.4, 0.5) is 5.82 Å². The van der Waals surface area contributed by atoms with E-state index in [1.165, 1.54) is 29.5 Å². The molecule has 0 radical (unpaired) electrons. The van der Waals surface area contributed by atoms with Crippen molar-refractivity contribution in [2.75, 3.05) is 17.3 Å². The second-order valence-corrected chi connectivity index (χ2v) is 10.7. The molecule has 1 N–H and O–H groups in total. The summed E-state index contributed by atoms with van der Waals surface area (Å²) < 4.78 is 23.0. The van der Waals surface area contributed by atoms with E-state index in [1.807, 2.05) is 6.92 Å². The van der Waals surface area contributed by atoms with Crippen molar-refractivity contribution in [3.05, 3.63) is 29.0 Å². The minimum atomic E-state index is -3.00. The smallest absolute Gasteiger partial charge is 0.183 e. The number of hydrogen-bond donors (Lipinski definition) is 1. The van der Waals surface area contributed by atoms with Crippen molar-refractivity contribution in [3.63, 3.8) is 0 Å². The van der Waals surface area contributed by atoms with E-state index in [2.05, 4.69) is 15.3 Å². The van der Waals surface area contributed by atoms with Crippen molar-refractivity contribution >= 4 is 37.2 Å². The number of aromatic nitrogens is 4. The topological polar surface area (TPSA) is 97.7 Å². The van der Waals surface area contributed by atoms with Gasteiger partial charge in [0.2, 0.25) is 0 Å². The maximum Gasteiger partial charge on any atom is 0.183 e. The summed E-state index contributed by atoms with van der Waals surface area (Å²) in [5, 5.41) is 4.53. The molecule has 0 spiro atoms. The standard InChI is InChI=1S/C19H23N5O2S2/c1-12(7-10-28(2,25)26)22-18-16-13-5-3-4-6-15(13)27-19(16)24-17(23-18)14-11-20-8-9-21-14/h8-9,11-12H,3-7,10H2,1-2H3,(H,22,23,24). The molecular weight excluding hydrogens is 394 g/mol. The van der Waals surface area contributed by atoms with Crippen molar-refractivity contribution in [3.8, 4) is 11.5 Å². The zero-order valence-corrected chi connectivity index (χ0v) is 17.6. The van der Waals surface area contributed by atoms with E-state index in [4.69, 9.17) is 9.97 Å². The van der Waals surface area contributed by atoms with Crippen molar-refractivity contribution in [1.82, 2.24) is 19.9 Å². The van der Waals surface area contributed by atoms with E-state index in [1.54, 1.807) is 29.9 Å². The highest BCUT2D eigenvalue weighted by Crippen LogP contribution is 2.39. The molecule has 3 heterocycles. The molecule has 3 aromatic rings. The fourth-order valence-corrected chi connectivity index (χ4v) is 5.53. The number of rotatable bonds is 6. The number of nitrogens with one attached hydrogen (secondary N) is 1. The van der Waals surface area contributed by atoms with Crippen molar-refractivity contribution < 1.29 is 8.42 Å². The minimum absolute atomic E-state index is 0.0262. The molecule has 7 nitrogen and oxygen atoms in total. The van der Waals surface area contributed by atoms with Gasteiger partial charge in [0.25, 0.3) is 0 Å². The Balaban J connectivity index is 1.76. The molecule has 9 heteroatoms. The fourth-order valence-electron chi connectivity index (χ4n) is 3.49. The molecule has 1 unspecified atom stereocenters. The Labute approximate surface area is 168 Å². The molecule has 148 valence electrons. The van der Waals surface area contributed by atoms with Crippen molar-refractivity contribution in [2.45, 2.75) is 45.1 Å². The lowest BCUT2D eigenvalue weighted by Crippen LogP contribution is -2.20. The van der Waals surface area contributed by atoms with Gasteiger partial charge in [-0.25, -0.2) is 23.4 Å². The Morgan fingerprint density at radius 1 is 1.21 bits per heavy atom. The molecule has 0 aromatic carbocycles. The van der Waals surface area contributed by atoms with E-state index < -0.39 is 9.84 Å². The van der Waals surface area contributed by atoms with Crippen LogP contribution in [0, 0.1) is 0 Å². The lowest BCUT2D eigenvalue weighted by Gasteiger charge is -2.17. The lowest BCUT2D eigenvalue weighted by molar-refractivity contribution is 0.595. The van der Waals surface area contributed by atoms with Crippen LogP contribution < -0.4 is 5.32 Å². The van der Waals surface area contributed by atoms with Gasteiger partial charge in [-0.2, -0.15) is 0 Å². The molecule has 0 fully saturated rings. The van der Waals surface area contributed by atoms with E-state index in [9.17, 15) is 8.42 Å². The predicted molar refractivity (Wildman–Crippen MR) is 112 cm³/mol. The Hall–Kier alpha value is -2.13. The molecule has 0 saturated heterocycles. The summed E-state index contributed by atoms with van der Waals surface area (Å²) in [5.41, 5.74) is 1.97. The fraction of sp³-hybridized carbons (Fsp3) is 0.474. The molecule has 0 aliphatic heterocycles. The second-order valence-electron chi connectivity index (χ2n) is 7.34.